The molecule has 4 rings (SSSR count). The summed E-state index contributed by atoms with van der Waals surface area (Å²) in [4.78, 5) is 0.830. The van der Waals surface area contributed by atoms with E-state index in [0.29, 0.717) is 32.8 Å². The van der Waals surface area contributed by atoms with Gasteiger partial charge in [0, 0.05) is 6.42 Å². The monoisotopic (exact) mass is 532 g/mol. The molecule has 3 aromatic rings. The van der Waals surface area contributed by atoms with Gasteiger partial charge in [0.05, 0.1) is 32.5 Å². The molecule has 0 radical (unpaired) electrons. The van der Waals surface area contributed by atoms with Crippen LogP contribution in [0, 0.1) is 0 Å². The highest BCUT2D eigenvalue weighted by molar-refractivity contribution is 7.80. The lowest BCUT2D eigenvalue weighted by Gasteiger charge is -2.46. The number of benzene rings is 3. The molecule has 1 saturated heterocycles. The Balaban J connectivity index is 1.63. The fraction of sp³-hybridized carbons (Fsp3) is 0.344. The van der Waals surface area contributed by atoms with Crippen molar-refractivity contribution >= 4 is 17.1 Å². The minimum absolute atomic E-state index is 0.320. The molecule has 5 atom stereocenters. The Morgan fingerprint density at radius 1 is 0.711 bits per heavy atom. The van der Waals surface area contributed by atoms with Crippen LogP contribution in [0.5, 0.6) is 0 Å². The van der Waals surface area contributed by atoms with Gasteiger partial charge in [-0.3, -0.25) is 0 Å². The Morgan fingerprint density at radius 3 is 1.61 bits per heavy atom. The third-order valence-corrected chi connectivity index (χ3v) is 6.48. The van der Waals surface area contributed by atoms with Crippen molar-refractivity contribution in [2.75, 3.05) is 6.61 Å². The van der Waals surface area contributed by atoms with E-state index in [-0.39, 0.29) is 6.10 Å². The normalized spacial score (nSPS) is 23.1. The highest BCUT2D eigenvalue weighted by Gasteiger charge is 2.48. The van der Waals surface area contributed by atoms with Crippen LogP contribution in [-0.2, 0) is 43.5 Å². The Labute approximate surface area is 231 Å². The van der Waals surface area contributed by atoms with Crippen molar-refractivity contribution in [3.63, 3.8) is 0 Å². The SMILES string of the molecule is C=CCO[C@H]1O[C@H](CC(C)=S)[C@@H](OCc2ccccc2)[C@H](OCc2ccccc2)[C@@H]1OCc1ccccc1. The third-order valence-electron chi connectivity index (χ3n) is 6.31. The predicted octanol–water partition coefficient (Wildman–Crippen LogP) is 6.45. The van der Waals surface area contributed by atoms with Crippen LogP contribution < -0.4 is 0 Å². The fourth-order valence-corrected chi connectivity index (χ4v) is 4.65. The van der Waals surface area contributed by atoms with Gasteiger partial charge in [0.15, 0.2) is 6.29 Å². The van der Waals surface area contributed by atoms with Crippen molar-refractivity contribution < 1.29 is 23.7 Å². The Bertz CT molecular complexity index is 1110. The van der Waals surface area contributed by atoms with Crippen LogP contribution in [0.15, 0.2) is 104 Å². The largest absolute Gasteiger partial charge is 0.368 e. The molecule has 6 heteroatoms. The highest BCUT2D eigenvalue weighted by atomic mass is 32.1. The maximum Gasteiger partial charge on any atom is 0.187 e. The summed E-state index contributed by atoms with van der Waals surface area (Å²) >= 11 is 5.49. The lowest BCUT2D eigenvalue weighted by atomic mass is 9.95. The summed E-state index contributed by atoms with van der Waals surface area (Å²) in [6.45, 7) is 7.25. The van der Waals surface area contributed by atoms with E-state index >= 15 is 0 Å². The number of hydrogen-bond acceptors (Lipinski definition) is 6. The molecule has 5 nitrogen and oxygen atoms in total. The smallest absolute Gasteiger partial charge is 0.187 e. The molecule has 3 aromatic carbocycles. The molecule has 1 heterocycles. The first-order chi connectivity index (χ1) is 18.6. The van der Waals surface area contributed by atoms with Crippen molar-refractivity contribution in [3.05, 3.63) is 120 Å². The molecule has 1 fully saturated rings. The molecular weight excluding hydrogens is 496 g/mol. The second kappa shape index (κ2) is 15.0. The first kappa shape index (κ1) is 28.3. The van der Waals surface area contributed by atoms with Gasteiger partial charge < -0.3 is 23.7 Å². The summed E-state index contributed by atoms with van der Waals surface area (Å²) in [6, 6.07) is 30.2. The van der Waals surface area contributed by atoms with Crippen LogP contribution in [0.1, 0.15) is 30.0 Å². The molecule has 0 spiro atoms. The zero-order valence-electron chi connectivity index (χ0n) is 21.8. The summed E-state index contributed by atoms with van der Waals surface area (Å²) < 4.78 is 32.3. The molecule has 0 N–H and O–H groups in total. The van der Waals surface area contributed by atoms with Gasteiger partial charge in [-0.15, -0.1) is 6.58 Å². The van der Waals surface area contributed by atoms with E-state index in [1.54, 1.807) is 6.08 Å². The average molecular weight is 533 g/mol. The van der Waals surface area contributed by atoms with Gasteiger partial charge in [0.1, 0.15) is 18.3 Å². The Hall–Kier alpha value is -2.71. The summed E-state index contributed by atoms with van der Waals surface area (Å²) in [5, 5.41) is 0. The van der Waals surface area contributed by atoms with Crippen LogP contribution >= 0.6 is 12.2 Å². The summed E-state index contributed by atoms with van der Waals surface area (Å²) in [5.41, 5.74) is 3.18. The van der Waals surface area contributed by atoms with E-state index < -0.39 is 24.6 Å². The Morgan fingerprint density at radius 2 is 1.16 bits per heavy atom. The number of hydrogen-bond donors (Lipinski definition) is 0. The van der Waals surface area contributed by atoms with Gasteiger partial charge in [-0.2, -0.15) is 0 Å². The second-order valence-electron chi connectivity index (χ2n) is 9.35. The van der Waals surface area contributed by atoms with E-state index in [4.69, 9.17) is 35.9 Å². The fourth-order valence-electron chi connectivity index (χ4n) is 4.49. The van der Waals surface area contributed by atoms with Crippen LogP contribution in [0.2, 0.25) is 0 Å². The van der Waals surface area contributed by atoms with Gasteiger partial charge in [0.25, 0.3) is 0 Å². The van der Waals surface area contributed by atoms with Crippen molar-refractivity contribution in [3.8, 4) is 0 Å². The van der Waals surface area contributed by atoms with Gasteiger partial charge in [-0.1, -0.05) is 109 Å². The molecule has 0 unspecified atom stereocenters. The van der Waals surface area contributed by atoms with Crippen LogP contribution in [0.4, 0.5) is 0 Å². The predicted molar refractivity (Wildman–Crippen MR) is 153 cm³/mol. The molecule has 0 aromatic heterocycles. The molecule has 1 aliphatic rings. The lowest BCUT2D eigenvalue weighted by molar-refractivity contribution is -0.319. The van der Waals surface area contributed by atoms with Crippen LogP contribution in [-0.4, -0.2) is 42.2 Å². The summed E-state index contributed by atoms with van der Waals surface area (Å²) in [7, 11) is 0. The summed E-state index contributed by atoms with van der Waals surface area (Å²) in [5.74, 6) is 0. The molecule has 0 bridgehead atoms. The minimum atomic E-state index is -0.673. The Kier molecular flexibility index (Phi) is 11.2. The molecular formula is C32H36O5S. The zero-order valence-corrected chi connectivity index (χ0v) is 22.6. The van der Waals surface area contributed by atoms with E-state index in [0.717, 1.165) is 21.6 Å². The zero-order chi connectivity index (χ0) is 26.6. The average Bonchev–Trinajstić information content (AvgIpc) is 2.95. The molecule has 200 valence electrons. The van der Waals surface area contributed by atoms with E-state index in [2.05, 4.69) is 6.58 Å². The molecule has 0 amide bonds. The highest BCUT2D eigenvalue weighted by Crippen LogP contribution is 2.32. The van der Waals surface area contributed by atoms with Crippen LogP contribution in [0.25, 0.3) is 0 Å². The minimum Gasteiger partial charge on any atom is -0.368 e. The van der Waals surface area contributed by atoms with Crippen molar-refractivity contribution in [1.82, 2.24) is 0 Å². The first-order valence-electron chi connectivity index (χ1n) is 13.0. The van der Waals surface area contributed by atoms with Gasteiger partial charge >= 0.3 is 0 Å². The standard InChI is InChI=1S/C32H36O5S/c1-3-19-33-32-31(36-23-27-17-11-6-12-18-27)30(35-22-26-15-9-5-10-16-26)29(28(37-32)20-24(2)38)34-21-25-13-7-4-8-14-25/h3-18,28-32H,1,19-23H2,2H3/t28-,29-,30+,31+,32+/m1/s1. The van der Waals surface area contributed by atoms with Crippen LogP contribution in [0.3, 0.4) is 0 Å². The number of rotatable bonds is 14. The maximum atomic E-state index is 6.61. The van der Waals surface area contributed by atoms with Gasteiger partial charge in [-0.25, -0.2) is 0 Å². The number of thiocarbonyl (C=S) groups is 1. The molecule has 0 saturated carbocycles. The quantitative estimate of drug-likeness (QED) is 0.176. The van der Waals surface area contributed by atoms with E-state index in [1.807, 2.05) is 97.9 Å². The molecule has 0 aliphatic carbocycles. The van der Waals surface area contributed by atoms with Crippen molar-refractivity contribution in [2.24, 2.45) is 0 Å². The molecule has 1 aliphatic heterocycles. The topological polar surface area (TPSA) is 46.2 Å². The second-order valence-corrected chi connectivity index (χ2v) is 10.1. The number of ether oxygens (including phenoxy) is 5. The maximum absolute atomic E-state index is 6.61. The third kappa shape index (κ3) is 8.40. The van der Waals surface area contributed by atoms with Crippen molar-refractivity contribution in [2.45, 2.75) is 63.9 Å². The summed E-state index contributed by atoms with van der Waals surface area (Å²) in [6.07, 6.45) is -0.223. The first-order valence-corrected chi connectivity index (χ1v) is 13.4. The van der Waals surface area contributed by atoms with E-state index in [9.17, 15) is 0 Å². The van der Waals surface area contributed by atoms with Gasteiger partial charge in [-0.05, 0) is 28.5 Å². The van der Waals surface area contributed by atoms with Crippen molar-refractivity contribution in [1.29, 1.82) is 0 Å². The van der Waals surface area contributed by atoms with Gasteiger partial charge in [0.2, 0.25) is 0 Å². The lowest BCUT2D eigenvalue weighted by Crippen LogP contribution is -2.61. The van der Waals surface area contributed by atoms with E-state index in [1.165, 1.54) is 0 Å². The molecule has 38 heavy (non-hydrogen) atoms.